The zero-order valence-corrected chi connectivity index (χ0v) is 7.04. The van der Waals surface area contributed by atoms with Crippen LogP contribution in [0, 0.1) is 5.92 Å². The van der Waals surface area contributed by atoms with Crippen LogP contribution in [-0.2, 0) is 4.74 Å². The van der Waals surface area contributed by atoms with Crippen LogP contribution < -0.4 is 0 Å². The molecule has 0 aromatic rings. The summed E-state index contributed by atoms with van der Waals surface area (Å²) in [6.07, 6.45) is 1.15. The van der Waals surface area contributed by atoms with E-state index < -0.39 is 0 Å². The van der Waals surface area contributed by atoms with Crippen molar-refractivity contribution in [3.8, 4) is 0 Å². The van der Waals surface area contributed by atoms with Gasteiger partial charge in [-0.15, -0.1) is 0 Å². The average molecular weight is 147 g/mol. The Morgan fingerprint density at radius 2 is 2.00 bits per heavy atom. The predicted molar refractivity (Wildman–Crippen MR) is 42.7 cm³/mol. The molecule has 2 heteroatoms. The van der Waals surface area contributed by atoms with Gasteiger partial charge >= 0.3 is 0 Å². The van der Waals surface area contributed by atoms with Gasteiger partial charge < -0.3 is 4.74 Å². The monoisotopic (exact) mass is 147 g/mol. The second-order valence-corrected chi connectivity index (χ2v) is 2.91. The van der Waals surface area contributed by atoms with Crippen molar-refractivity contribution in [1.82, 2.24) is 0 Å². The number of ether oxygens (including phenoxy) is 1. The van der Waals surface area contributed by atoms with Crippen LogP contribution >= 0.6 is 12.6 Å². The highest BCUT2D eigenvalue weighted by Crippen LogP contribution is 1.98. The molecular weight excluding hydrogens is 132 g/mol. The molecule has 9 heavy (non-hydrogen) atoms. The standard InChI is InChI=1S/C7H15OS/c1-7(2)3-4-8-5-6-9/h7H,3-6H2,1-2H3. The Morgan fingerprint density at radius 3 is 2.44 bits per heavy atom. The van der Waals surface area contributed by atoms with Crippen molar-refractivity contribution in [2.45, 2.75) is 20.3 Å². The largest absolute Gasteiger partial charge is 0.381 e. The second-order valence-electron chi connectivity index (χ2n) is 2.50. The molecule has 0 unspecified atom stereocenters. The van der Waals surface area contributed by atoms with E-state index in [-0.39, 0.29) is 0 Å². The molecule has 0 amide bonds. The molecule has 0 rings (SSSR count). The zero-order chi connectivity index (χ0) is 7.11. The summed E-state index contributed by atoms with van der Waals surface area (Å²) in [6.45, 7) is 5.99. The lowest BCUT2D eigenvalue weighted by atomic mass is 10.1. The first-order valence-corrected chi connectivity index (χ1v) is 4.01. The summed E-state index contributed by atoms with van der Waals surface area (Å²) in [5, 5.41) is 0. The fourth-order valence-electron chi connectivity index (χ4n) is 0.480. The molecule has 0 aliphatic heterocycles. The molecule has 0 heterocycles. The molecule has 55 valence electrons. The van der Waals surface area contributed by atoms with Gasteiger partial charge in [-0.3, -0.25) is 0 Å². The molecule has 0 aliphatic rings. The van der Waals surface area contributed by atoms with Crippen LogP contribution in [0.3, 0.4) is 0 Å². The van der Waals surface area contributed by atoms with E-state index in [1.54, 1.807) is 0 Å². The summed E-state index contributed by atoms with van der Waals surface area (Å²) >= 11 is 4.71. The maximum absolute atomic E-state index is 5.19. The van der Waals surface area contributed by atoms with E-state index in [0.29, 0.717) is 0 Å². The highest BCUT2D eigenvalue weighted by atomic mass is 32.1. The molecular formula is C7H15OS. The maximum Gasteiger partial charge on any atom is 0.0565 e. The summed E-state index contributed by atoms with van der Waals surface area (Å²) in [6, 6.07) is 0. The van der Waals surface area contributed by atoms with Gasteiger partial charge in [0.05, 0.1) is 6.61 Å². The van der Waals surface area contributed by atoms with Gasteiger partial charge in [-0.1, -0.05) is 26.5 Å². The molecule has 0 bridgehead atoms. The molecule has 0 saturated carbocycles. The minimum absolute atomic E-state index is 0.720. The van der Waals surface area contributed by atoms with Crippen LogP contribution in [0.25, 0.3) is 0 Å². The third-order valence-corrected chi connectivity index (χ3v) is 1.23. The van der Waals surface area contributed by atoms with Crippen LogP contribution in [0.2, 0.25) is 0 Å². The lowest BCUT2D eigenvalue weighted by Crippen LogP contribution is -2.00. The minimum Gasteiger partial charge on any atom is -0.381 e. The van der Waals surface area contributed by atoms with Crippen LogP contribution in [0.5, 0.6) is 0 Å². The SMILES string of the molecule is CC(C)CCOCC[S]. The fraction of sp³-hybridized carbons (Fsp3) is 1.00. The van der Waals surface area contributed by atoms with Crippen LogP contribution in [0.4, 0.5) is 0 Å². The van der Waals surface area contributed by atoms with E-state index in [1.165, 1.54) is 0 Å². The van der Waals surface area contributed by atoms with Gasteiger partial charge in [-0.2, -0.15) is 0 Å². The topological polar surface area (TPSA) is 9.23 Å². The van der Waals surface area contributed by atoms with Crippen molar-refractivity contribution >= 4 is 12.6 Å². The Hall–Kier alpha value is 0.310. The molecule has 0 spiro atoms. The van der Waals surface area contributed by atoms with E-state index >= 15 is 0 Å². The van der Waals surface area contributed by atoms with E-state index in [1.807, 2.05) is 0 Å². The van der Waals surface area contributed by atoms with Gasteiger partial charge in [0.2, 0.25) is 0 Å². The first kappa shape index (κ1) is 9.31. The summed E-state index contributed by atoms with van der Waals surface area (Å²) in [5.41, 5.74) is 0. The molecule has 0 N–H and O–H groups in total. The molecule has 0 aromatic heterocycles. The van der Waals surface area contributed by atoms with Crippen molar-refractivity contribution in [2.24, 2.45) is 5.92 Å². The van der Waals surface area contributed by atoms with Crippen molar-refractivity contribution in [3.63, 3.8) is 0 Å². The summed E-state index contributed by atoms with van der Waals surface area (Å²) in [5.74, 6) is 1.47. The predicted octanol–water partition coefficient (Wildman–Crippen LogP) is 2.25. The third kappa shape index (κ3) is 8.31. The van der Waals surface area contributed by atoms with Gasteiger partial charge in [0, 0.05) is 12.4 Å². The Morgan fingerprint density at radius 1 is 1.33 bits per heavy atom. The fourth-order valence-corrected chi connectivity index (χ4v) is 0.598. The van der Waals surface area contributed by atoms with Crippen LogP contribution in [0.1, 0.15) is 20.3 Å². The van der Waals surface area contributed by atoms with Gasteiger partial charge in [0.15, 0.2) is 0 Å². The van der Waals surface area contributed by atoms with E-state index in [9.17, 15) is 0 Å². The Balaban J connectivity index is 2.75. The van der Waals surface area contributed by atoms with Gasteiger partial charge in [0.1, 0.15) is 0 Å². The molecule has 0 atom stereocenters. The number of hydrogen-bond acceptors (Lipinski definition) is 1. The maximum atomic E-state index is 5.19. The molecule has 0 saturated heterocycles. The lowest BCUT2D eigenvalue weighted by Gasteiger charge is -2.03. The summed E-state index contributed by atoms with van der Waals surface area (Å²) in [4.78, 5) is 0. The molecule has 0 aliphatic carbocycles. The van der Waals surface area contributed by atoms with Crippen molar-refractivity contribution in [3.05, 3.63) is 0 Å². The Labute approximate surface area is 63.2 Å². The second kappa shape index (κ2) is 6.43. The van der Waals surface area contributed by atoms with Crippen molar-refractivity contribution in [2.75, 3.05) is 19.0 Å². The van der Waals surface area contributed by atoms with E-state index in [2.05, 4.69) is 13.8 Å². The van der Waals surface area contributed by atoms with Gasteiger partial charge in [-0.05, 0) is 12.3 Å². The Bertz CT molecular complexity index is 54.9. The third-order valence-electron chi connectivity index (χ3n) is 1.07. The molecule has 1 radical (unpaired) electrons. The number of hydrogen-bond donors (Lipinski definition) is 0. The summed E-state index contributed by atoms with van der Waals surface area (Å²) in [7, 11) is 0. The highest BCUT2D eigenvalue weighted by Gasteiger charge is 1.91. The Kier molecular flexibility index (Phi) is 6.65. The van der Waals surface area contributed by atoms with E-state index in [0.717, 1.165) is 31.3 Å². The lowest BCUT2D eigenvalue weighted by molar-refractivity contribution is 0.138. The minimum atomic E-state index is 0.720. The molecule has 1 nitrogen and oxygen atoms in total. The van der Waals surface area contributed by atoms with Gasteiger partial charge in [-0.25, -0.2) is 0 Å². The van der Waals surface area contributed by atoms with Crippen LogP contribution in [0.15, 0.2) is 0 Å². The zero-order valence-electron chi connectivity index (χ0n) is 6.22. The van der Waals surface area contributed by atoms with Crippen LogP contribution in [-0.4, -0.2) is 19.0 Å². The quantitative estimate of drug-likeness (QED) is 0.542. The van der Waals surface area contributed by atoms with Crippen molar-refractivity contribution < 1.29 is 4.74 Å². The smallest absolute Gasteiger partial charge is 0.0565 e. The molecule has 0 aromatic carbocycles. The number of rotatable bonds is 5. The highest BCUT2D eigenvalue weighted by molar-refractivity contribution is 7.80. The van der Waals surface area contributed by atoms with Crippen molar-refractivity contribution in [1.29, 1.82) is 0 Å². The first-order chi connectivity index (χ1) is 4.27. The normalized spacial score (nSPS) is 10.7. The molecule has 0 fully saturated rings. The van der Waals surface area contributed by atoms with E-state index in [4.69, 9.17) is 17.4 Å². The van der Waals surface area contributed by atoms with Gasteiger partial charge in [0.25, 0.3) is 0 Å². The first-order valence-electron chi connectivity index (χ1n) is 3.43. The summed E-state index contributed by atoms with van der Waals surface area (Å²) < 4.78 is 5.19. The average Bonchev–Trinajstić information content (AvgIpc) is 1.80.